The third-order valence-corrected chi connectivity index (χ3v) is 2.74. The van der Waals surface area contributed by atoms with E-state index in [1.165, 1.54) is 5.56 Å². The Bertz CT molecular complexity index is 399. The number of ether oxygens (including phenoxy) is 1. The van der Waals surface area contributed by atoms with E-state index in [1.807, 2.05) is 12.1 Å². The van der Waals surface area contributed by atoms with Gasteiger partial charge < -0.3 is 10.1 Å². The SMILES string of the molecule is COc1cc2c(cc1C(C)=O)CCCN2. The number of benzene rings is 1. The van der Waals surface area contributed by atoms with E-state index in [9.17, 15) is 4.79 Å². The van der Waals surface area contributed by atoms with Crippen LogP contribution in [0.25, 0.3) is 0 Å². The van der Waals surface area contributed by atoms with Crippen molar-refractivity contribution in [1.82, 2.24) is 0 Å². The van der Waals surface area contributed by atoms with Crippen molar-refractivity contribution in [1.29, 1.82) is 0 Å². The molecule has 1 aromatic carbocycles. The minimum atomic E-state index is 0.0558. The quantitative estimate of drug-likeness (QED) is 0.752. The number of hydrogen-bond acceptors (Lipinski definition) is 3. The van der Waals surface area contributed by atoms with Gasteiger partial charge >= 0.3 is 0 Å². The number of Topliss-reactive ketones (excluding diaryl/α,β-unsaturated/α-hetero) is 1. The molecule has 0 saturated carbocycles. The summed E-state index contributed by atoms with van der Waals surface area (Å²) in [6, 6.07) is 3.87. The summed E-state index contributed by atoms with van der Waals surface area (Å²) < 4.78 is 5.21. The molecule has 0 fully saturated rings. The van der Waals surface area contributed by atoms with E-state index in [-0.39, 0.29) is 5.78 Å². The fourth-order valence-corrected chi connectivity index (χ4v) is 1.94. The molecule has 2 rings (SSSR count). The lowest BCUT2D eigenvalue weighted by atomic mass is 9.98. The number of carbonyl (C=O) groups is 1. The molecule has 0 bridgehead atoms. The standard InChI is InChI=1S/C12H15NO2/c1-8(14)10-6-9-4-3-5-13-11(9)7-12(10)15-2/h6-7,13H,3-5H2,1-2H3. The minimum absolute atomic E-state index is 0.0558. The molecule has 0 unspecified atom stereocenters. The highest BCUT2D eigenvalue weighted by atomic mass is 16.5. The van der Waals surface area contributed by atoms with E-state index in [1.54, 1.807) is 14.0 Å². The van der Waals surface area contributed by atoms with Gasteiger partial charge in [0.1, 0.15) is 5.75 Å². The first-order valence-electron chi connectivity index (χ1n) is 5.18. The summed E-state index contributed by atoms with van der Waals surface area (Å²) in [6.45, 7) is 2.57. The summed E-state index contributed by atoms with van der Waals surface area (Å²) in [5.74, 6) is 0.718. The Morgan fingerprint density at radius 3 is 2.93 bits per heavy atom. The summed E-state index contributed by atoms with van der Waals surface area (Å²) in [5.41, 5.74) is 3.00. The number of ketones is 1. The number of rotatable bonds is 2. The molecule has 1 aliphatic rings. The fraction of sp³-hybridized carbons (Fsp3) is 0.417. The maximum absolute atomic E-state index is 11.4. The second-order valence-electron chi connectivity index (χ2n) is 3.80. The molecule has 80 valence electrons. The predicted octanol–water partition coefficient (Wildman–Crippen LogP) is 2.26. The molecule has 3 heteroatoms. The Hall–Kier alpha value is -1.51. The van der Waals surface area contributed by atoms with Crippen molar-refractivity contribution in [3.8, 4) is 5.75 Å². The van der Waals surface area contributed by atoms with Crippen LogP contribution in [0.15, 0.2) is 12.1 Å². The lowest BCUT2D eigenvalue weighted by Crippen LogP contribution is -2.13. The van der Waals surface area contributed by atoms with Crippen molar-refractivity contribution in [2.24, 2.45) is 0 Å². The number of fused-ring (bicyclic) bond motifs is 1. The zero-order valence-corrected chi connectivity index (χ0v) is 9.09. The van der Waals surface area contributed by atoms with Crippen LogP contribution in [0.4, 0.5) is 5.69 Å². The van der Waals surface area contributed by atoms with Crippen molar-refractivity contribution in [3.05, 3.63) is 23.3 Å². The van der Waals surface area contributed by atoms with Crippen LogP contribution in [0.2, 0.25) is 0 Å². The molecule has 0 radical (unpaired) electrons. The summed E-state index contributed by atoms with van der Waals surface area (Å²) >= 11 is 0. The summed E-state index contributed by atoms with van der Waals surface area (Å²) in [7, 11) is 1.59. The average molecular weight is 205 g/mol. The first-order chi connectivity index (χ1) is 7.22. The van der Waals surface area contributed by atoms with Crippen LogP contribution >= 0.6 is 0 Å². The molecular weight excluding hydrogens is 190 g/mol. The second-order valence-corrected chi connectivity index (χ2v) is 3.80. The van der Waals surface area contributed by atoms with Crippen LogP contribution in [0, 0.1) is 0 Å². The van der Waals surface area contributed by atoms with Gasteiger partial charge in [-0.2, -0.15) is 0 Å². The molecule has 0 saturated heterocycles. The molecular formula is C12H15NO2. The lowest BCUT2D eigenvalue weighted by Gasteiger charge is -2.20. The first kappa shape index (κ1) is 10.0. The molecule has 3 nitrogen and oxygen atoms in total. The number of anilines is 1. The van der Waals surface area contributed by atoms with Crippen LogP contribution in [0.3, 0.4) is 0 Å². The maximum atomic E-state index is 11.4. The molecule has 0 amide bonds. The largest absolute Gasteiger partial charge is 0.496 e. The molecule has 1 N–H and O–H groups in total. The predicted molar refractivity (Wildman–Crippen MR) is 59.8 cm³/mol. The summed E-state index contributed by atoms with van der Waals surface area (Å²) in [5, 5.41) is 3.31. The third-order valence-electron chi connectivity index (χ3n) is 2.74. The van der Waals surface area contributed by atoms with E-state index in [0.717, 1.165) is 25.1 Å². The first-order valence-corrected chi connectivity index (χ1v) is 5.18. The van der Waals surface area contributed by atoms with E-state index < -0.39 is 0 Å². The summed E-state index contributed by atoms with van der Waals surface area (Å²) in [4.78, 5) is 11.4. The number of hydrogen-bond donors (Lipinski definition) is 1. The van der Waals surface area contributed by atoms with Gasteiger partial charge in [-0.15, -0.1) is 0 Å². The topological polar surface area (TPSA) is 38.3 Å². The Labute approximate surface area is 89.4 Å². The fourth-order valence-electron chi connectivity index (χ4n) is 1.94. The van der Waals surface area contributed by atoms with Gasteiger partial charge in [0.25, 0.3) is 0 Å². The van der Waals surface area contributed by atoms with Crippen LogP contribution in [0.5, 0.6) is 5.75 Å². The molecule has 1 heterocycles. The van der Waals surface area contributed by atoms with Crippen LogP contribution in [-0.2, 0) is 6.42 Å². The van der Waals surface area contributed by atoms with Crippen molar-refractivity contribution >= 4 is 11.5 Å². The van der Waals surface area contributed by atoms with Crippen LogP contribution in [-0.4, -0.2) is 19.4 Å². The van der Waals surface area contributed by atoms with E-state index in [4.69, 9.17) is 4.74 Å². The highest BCUT2D eigenvalue weighted by Crippen LogP contribution is 2.30. The second kappa shape index (κ2) is 3.93. The molecule has 1 aromatic rings. The van der Waals surface area contributed by atoms with Crippen molar-refractivity contribution in [3.63, 3.8) is 0 Å². The molecule has 0 aliphatic carbocycles. The molecule has 15 heavy (non-hydrogen) atoms. The molecule has 0 atom stereocenters. The van der Waals surface area contributed by atoms with Gasteiger partial charge in [0.2, 0.25) is 0 Å². The van der Waals surface area contributed by atoms with E-state index in [2.05, 4.69) is 5.32 Å². The van der Waals surface area contributed by atoms with Gasteiger partial charge in [-0.25, -0.2) is 0 Å². The lowest BCUT2D eigenvalue weighted by molar-refractivity contribution is 0.101. The Morgan fingerprint density at radius 1 is 1.47 bits per heavy atom. The normalized spacial score (nSPS) is 14.0. The number of nitrogens with one attached hydrogen (secondary N) is 1. The average Bonchev–Trinajstić information content (AvgIpc) is 2.27. The van der Waals surface area contributed by atoms with Gasteiger partial charge in [0, 0.05) is 18.3 Å². The Morgan fingerprint density at radius 2 is 2.27 bits per heavy atom. The van der Waals surface area contributed by atoms with Gasteiger partial charge in [-0.3, -0.25) is 4.79 Å². The van der Waals surface area contributed by atoms with Gasteiger partial charge in [0.15, 0.2) is 5.78 Å². The highest BCUT2D eigenvalue weighted by Gasteiger charge is 2.15. The van der Waals surface area contributed by atoms with Crippen molar-refractivity contribution < 1.29 is 9.53 Å². The zero-order valence-electron chi connectivity index (χ0n) is 9.09. The number of methoxy groups -OCH3 is 1. The van der Waals surface area contributed by atoms with Crippen molar-refractivity contribution in [2.75, 3.05) is 19.0 Å². The molecule has 0 spiro atoms. The van der Waals surface area contributed by atoms with Gasteiger partial charge in [-0.05, 0) is 31.4 Å². The van der Waals surface area contributed by atoms with Gasteiger partial charge in [0.05, 0.1) is 12.7 Å². The van der Waals surface area contributed by atoms with Crippen LogP contribution < -0.4 is 10.1 Å². The van der Waals surface area contributed by atoms with Gasteiger partial charge in [-0.1, -0.05) is 0 Å². The molecule has 1 aliphatic heterocycles. The minimum Gasteiger partial charge on any atom is -0.496 e. The Balaban J connectivity index is 2.51. The van der Waals surface area contributed by atoms with E-state index >= 15 is 0 Å². The maximum Gasteiger partial charge on any atom is 0.163 e. The highest BCUT2D eigenvalue weighted by molar-refractivity contribution is 5.97. The smallest absolute Gasteiger partial charge is 0.163 e. The third kappa shape index (κ3) is 1.82. The number of carbonyl (C=O) groups excluding carboxylic acids is 1. The molecule has 0 aromatic heterocycles. The monoisotopic (exact) mass is 205 g/mol. The number of aryl methyl sites for hydroxylation is 1. The van der Waals surface area contributed by atoms with Crippen LogP contribution in [0.1, 0.15) is 29.3 Å². The van der Waals surface area contributed by atoms with Crippen molar-refractivity contribution in [2.45, 2.75) is 19.8 Å². The zero-order chi connectivity index (χ0) is 10.8. The Kier molecular flexibility index (Phi) is 2.62. The van der Waals surface area contributed by atoms with E-state index in [0.29, 0.717) is 11.3 Å². The summed E-state index contributed by atoms with van der Waals surface area (Å²) in [6.07, 6.45) is 2.16.